The van der Waals surface area contributed by atoms with E-state index < -0.39 is 0 Å². The molecule has 1 aromatic heterocycles. The predicted octanol–water partition coefficient (Wildman–Crippen LogP) is 3.20. The highest BCUT2D eigenvalue weighted by Gasteiger charge is 2.24. The van der Waals surface area contributed by atoms with E-state index in [2.05, 4.69) is 10.6 Å². The first kappa shape index (κ1) is 14.7. The van der Waals surface area contributed by atoms with Crippen LogP contribution in [0.5, 0.6) is 0 Å². The van der Waals surface area contributed by atoms with Gasteiger partial charge in [0.2, 0.25) is 5.91 Å². The summed E-state index contributed by atoms with van der Waals surface area (Å²) >= 11 is 1.49. The van der Waals surface area contributed by atoms with Gasteiger partial charge < -0.3 is 15.1 Å². The highest BCUT2D eigenvalue weighted by Crippen LogP contribution is 2.35. The van der Waals surface area contributed by atoms with E-state index >= 15 is 0 Å². The first-order valence-corrected chi connectivity index (χ1v) is 7.88. The molecular weight excluding hydrogens is 300 g/mol. The minimum atomic E-state index is -0.220. The Morgan fingerprint density at radius 3 is 2.95 bits per heavy atom. The summed E-state index contributed by atoms with van der Waals surface area (Å²) in [5.74, 6) is 0.451. The van der Waals surface area contributed by atoms with Crippen LogP contribution in [0.1, 0.15) is 36.0 Å². The molecule has 2 atom stereocenters. The van der Waals surface area contributed by atoms with Gasteiger partial charge in [-0.2, -0.15) is 0 Å². The number of carbonyl (C=O) groups excluding carboxylic acids is 2. The minimum absolute atomic E-state index is 0.0426. The summed E-state index contributed by atoms with van der Waals surface area (Å²) in [7, 11) is 0. The molecule has 0 spiro atoms. The highest BCUT2D eigenvalue weighted by molar-refractivity contribution is 8.00. The Morgan fingerprint density at radius 2 is 2.23 bits per heavy atom. The van der Waals surface area contributed by atoms with E-state index in [1.807, 2.05) is 26.0 Å². The van der Waals surface area contributed by atoms with Crippen molar-refractivity contribution in [1.29, 1.82) is 0 Å². The van der Waals surface area contributed by atoms with Gasteiger partial charge in [0.15, 0.2) is 0 Å². The van der Waals surface area contributed by atoms with Gasteiger partial charge in [-0.3, -0.25) is 9.59 Å². The number of thioether (sulfide) groups is 1. The average molecular weight is 316 g/mol. The Labute approximate surface area is 132 Å². The van der Waals surface area contributed by atoms with Crippen molar-refractivity contribution >= 4 is 29.3 Å². The van der Waals surface area contributed by atoms with Crippen molar-refractivity contribution in [2.24, 2.45) is 0 Å². The summed E-state index contributed by atoms with van der Waals surface area (Å²) in [6.07, 6.45) is 1.57. The minimum Gasteiger partial charge on any atom is -0.467 e. The van der Waals surface area contributed by atoms with Crippen molar-refractivity contribution in [3.8, 4) is 0 Å². The van der Waals surface area contributed by atoms with Gasteiger partial charge in [0.25, 0.3) is 5.91 Å². The quantitative estimate of drug-likeness (QED) is 0.912. The number of fused-ring (bicyclic) bond motifs is 1. The summed E-state index contributed by atoms with van der Waals surface area (Å²) in [6, 6.07) is 8.71. The number of amides is 2. The fraction of sp³-hybridized carbons (Fsp3) is 0.250. The predicted molar refractivity (Wildman–Crippen MR) is 85.0 cm³/mol. The third-order valence-corrected chi connectivity index (χ3v) is 4.67. The maximum Gasteiger partial charge on any atom is 0.251 e. The van der Waals surface area contributed by atoms with Crippen LogP contribution in [-0.2, 0) is 4.79 Å². The van der Waals surface area contributed by atoms with Crippen molar-refractivity contribution in [3.63, 3.8) is 0 Å². The number of benzene rings is 1. The van der Waals surface area contributed by atoms with Gasteiger partial charge in [0.05, 0.1) is 23.2 Å². The van der Waals surface area contributed by atoms with Crippen LogP contribution < -0.4 is 10.6 Å². The molecule has 1 aromatic carbocycles. The van der Waals surface area contributed by atoms with Crippen molar-refractivity contribution in [2.75, 3.05) is 5.32 Å². The molecule has 0 unspecified atom stereocenters. The van der Waals surface area contributed by atoms with Crippen LogP contribution in [0.4, 0.5) is 5.69 Å². The summed E-state index contributed by atoms with van der Waals surface area (Å²) < 4.78 is 5.27. The molecule has 2 aromatic rings. The molecule has 2 heterocycles. The third-order valence-electron chi connectivity index (χ3n) is 3.49. The van der Waals surface area contributed by atoms with Crippen LogP contribution in [-0.4, -0.2) is 17.1 Å². The number of hydrogen-bond acceptors (Lipinski definition) is 4. The number of anilines is 1. The van der Waals surface area contributed by atoms with Crippen molar-refractivity contribution in [3.05, 3.63) is 47.9 Å². The lowest BCUT2D eigenvalue weighted by Crippen LogP contribution is -2.28. The van der Waals surface area contributed by atoms with E-state index in [-0.39, 0.29) is 23.1 Å². The molecule has 3 rings (SSSR count). The topological polar surface area (TPSA) is 71.3 Å². The maximum atomic E-state index is 12.3. The molecule has 0 saturated carbocycles. The van der Waals surface area contributed by atoms with Crippen LogP contribution in [0.3, 0.4) is 0 Å². The summed E-state index contributed by atoms with van der Waals surface area (Å²) in [4.78, 5) is 25.0. The Balaban J connectivity index is 1.76. The summed E-state index contributed by atoms with van der Waals surface area (Å²) in [5, 5.41) is 5.58. The van der Waals surface area contributed by atoms with Crippen LogP contribution in [0.25, 0.3) is 0 Å². The standard InChI is InChI=1S/C16H16N2O3S/c1-9(13-4-3-7-21-13)17-16(20)11-5-6-14-12(8-11)18-15(19)10(2)22-14/h3-10H,1-2H3,(H,17,20)(H,18,19)/t9-,10+/m1/s1. The smallest absolute Gasteiger partial charge is 0.251 e. The average Bonchev–Trinajstić information content (AvgIpc) is 3.02. The molecule has 2 amide bonds. The summed E-state index contributed by atoms with van der Waals surface area (Å²) in [5.41, 5.74) is 1.19. The Bertz CT molecular complexity index is 712. The number of carbonyl (C=O) groups is 2. The SMILES string of the molecule is C[C@@H]1Sc2ccc(C(=O)N[C@H](C)c3ccco3)cc2NC1=O. The third kappa shape index (κ3) is 2.87. The van der Waals surface area contributed by atoms with Gasteiger partial charge in [-0.1, -0.05) is 0 Å². The first-order chi connectivity index (χ1) is 10.5. The van der Waals surface area contributed by atoms with E-state index in [0.717, 1.165) is 4.90 Å². The van der Waals surface area contributed by atoms with Crippen molar-refractivity contribution in [1.82, 2.24) is 5.32 Å². The molecule has 0 radical (unpaired) electrons. The van der Waals surface area contributed by atoms with Gasteiger partial charge in [0.1, 0.15) is 5.76 Å². The summed E-state index contributed by atoms with van der Waals surface area (Å²) in [6.45, 7) is 3.71. The maximum absolute atomic E-state index is 12.3. The largest absolute Gasteiger partial charge is 0.467 e. The molecule has 114 valence electrons. The number of rotatable bonds is 3. The van der Waals surface area contributed by atoms with Gasteiger partial charge >= 0.3 is 0 Å². The van der Waals surface area contributed by atoms with Crippen LogP contribution in [0.2, 0.25) is 0 Å². The van der Waals surface area contributed by atoms with Crippen LogP contribution in [0.15, 0.2) is 45.9 Å². The molecule has 0 bridgehead atoms. The first-order valence-electron chi connectivity index (χ1n) is 7.00. The Morgan fingerprint density at radius 1 is 1.41 bits per heavy atom. The molecule has 1 aliphatic heterocycles. The van der Waals surface area contributed by atoms with E-state index in [1.54, 1.807) is 24.5 Å². The number of hydrogen-bond donors (Lipinski definition) is 2. The zero-order valence-electron chi connectivity index (χ0n) is 12.3. The lowest BCUT2D eigenvalue weighted by Gasteiger charge is -2.22. The second kappa shape index (κ2) is 5.88. The zero-order chi connectivity index (χ0) is 15.7. The molecular formula is C16H16N2O3S. The number of nitrogens with one attached hydrogen (secondary N) is 2. The van der Waals surface area contributed by atoms with Crippen molar-refractivity contribution in [2.45, 2.75) is 30.0 Å². The van der Waals surface area contributed by atoms with Crippen LogP contribution in [0, 0.1) is 0 Å². The molecule has 0 fully saturated rings. The van der Waals surface area contributed by atoms with Crippen LogP contribution >= 0.6 is 11.8 Å². The monoisotopic (exact) mass is 316 g/mol. The Kier molecular flexibility index (Phi) is 3.94. The lowest BCUT2D eigenvalue weighted by molar-refractivity contribution is -0.115. The second-order valence-electron chi connectivity index (χ2n) is 5.17. The van der Waals surface area contributed by atoms with Gasteiger partial charge in [-0.25, -0.2) is 0 Å². The molecule has 1 aliphatic rings. The zero-order valence-corrected chi connectivity index (χ0v) is 13.1. The Hall–Kier alpha value is -2.21. The molecule has 22 heavy (non-hydrogen) atoms. The molecule has 0 saturated heterocycles. The fourth-order valence-electron chi connectivity index (χ4n) is 2.24. The lowest BCUT2D eigenvalue weighted by atomic mass is 10.1. The molecule has 2 N–H and O–H groups in total. The van der Waals surface area contributed by atoms with E-state index in [4.69, 9.17) is 4.42 Å². The second-order valence-corrected chi connectivity index (χ2v) is 6.55. The molecule has 6 heteroatoms. The van der Waals surface area contributed by atoms with E-state index in [0.29, 0.717) is 17.0 Å². The molecule has 0 aliphatic carbocycles. The van der Waals surface area contributed by atoms with Gasteiger partial charge in [-0.05, 0) is 44.2 Å². The normalized spacial score (nSPS) is 18.3. The highest BCUT2D eigenvalue weighted by atomic mass is 32.2. The van der Waals surface area contributed by atoms with E-state index in [9.17, 15) is 9.59 Å². The fourth-order valence-corrected chi connectivity index (χ4v) is 3.17. The van der Waals surface area contributed by atoms with E-state index in [1.165, 1.54) is 11.8 Å². The van der Waals surface area contributed by atoms with Gasteiger partial charge in [-0.15, -0.1) is 11.8 Å². The van der Waals surface area contributed by atoms with Gasteiger partial charge in [0, 0.05) is 10.5 Å². The number of furan rings is 1. The molecule has 5 nitrogen and oxygen atoms in total. The van der Waals surface area contributed by atoms with Crippen molar-refractivity contribution < 1.29 is 14.0 Å².